The van der Waals surface area contributed by atoms with Crippen LogP contribution in [0.2, 0.25) is 0 Å². The fraction of sp³-hybridized carbons (Fsp3) is 0.400. The summed E-state index contributed by atoms with van der Waals surface area (Å²) in [6.45, 7) is 3.76. The molecule has 0 spiro atoms. The number of fused-ring (bicyclic) bond motifs is 1. The van der Waals surface area contributed by atoms with Crippen molar-refractivity contribution in [3.8, 4) is 0 Å². The normalized spacial score (nSPS) is 19.0. The van der Waals surface area contributed by atoms with Crippen LogP contribution in [0.25, 0.3) is 11.0 Å². The number of rotatable bonds is 4. The fourth-order valence-corrected chi connectivity index (χ4v) is 3.66. The topological polar surface area (TPSA) is 63.3 Å². The largest absolute Gasteiger partial charge is 0.459 e. The molecule has 3 aromatic rings. The first-order chi connectivity index (χ1) is 12.6. The number of hydrogen-bond acceptors (Lipinski definition) is 5. The SMILES string of the molecule is CC(NC1CCCN(c2nccn(C)c2=O)C1)c1cc2ccccc2o1. The Labute approximate surface area is 152 Å². The molecule has 3 heterocycles. The molecule has 1 aliphatic rings. The molecule has 0 radical (unpaired) electrons. The number of hydrogen-bond donors (Lipinski definition) is 1. The molecule has 1 saturated heterocycles. The molecule has 136 valence electrons. The summed E-state index contributed by atoms with van der Waals surface area (Å²) >= 11 is 0. The number of piperidine rings is 1. The number of nitrogens with zero attached hydrogens (tertiary/aromatic N) is 3. The Morgan fingerprint density at radius 3 is 3.04 bits per heavy atom. The lowest BCUT2D eigenvalue weighted by Crippen LogP contribution is -2.48. The van der Waals surface area contributed by atoms with Crippen LogP contribution in [0.5, 0.6) is 0 Å². The Kier molecular flexibility index (Phi) is 4.51. The van der Waals surface area contributed by atoms with Crippen molar-refractivity contribution in [1.82, 2.24) is 14.9 Å². The third-order valence-electron chi connectivity index (χ3n) is 5.08. The third-order valence-corrected chi connectivity index (χ3v) is 5.08. The van der Waals surface area contributed by atoms with Crippen LogP contribution in [0, 0.1) is 0 Å². The molecule has 2 unspecified atom stereocenters. The number of aryl methyl sites for hydroxylation is 1. The summed E-state index contributed by atoms with van der Waals surface area (Å²) in [6, 6.07) is 10.6. The van der Waals surface area contributed by atoms with Gasteiger partial charge in [-0.1, -0.05) is 18.2 Å². The lowest BCUT2D eigenvalue weighted by Gasteiger charge is -2.34. The molecule has 4 rings (SSSR count). The van der Waals surface area contributed by atoms with E-state index in [-0.39, 0.29) is 11.6 Å². The highest BCUT2D eigenvalue weighted by atomic mass is 16.3. The van der Waals surface area contributed by atoms with E-state index >= 15 is 0 Å². The van der Waals surface area contributed by atoms with E-state index in [0.29, 0.717) is 11.9 Å². The van der Waals surface area contributed by atoms with Crippen LogP contribution in [-0.4, -0.2) is 28.7 Å². The van der Waals surface area contributed by atoms with Crippen molar-refractivity contribution in [2.24, 2.45) is 7.05 Å². The van der Waals surface area contributed by atoms with Crippen molar-refractivity contribution in [3.63, 3.8) is 0 Å². The van der Waals surface area contributed by atoms with Gasteiger partial charge < -0.3 is 19.2 Å². The summed E-state index contributed by atoms with van der Waals surface area (Å²) in [7, 11) is 1.76. The number of benzene rings is 1. The zero-order valence-corrected chi connectivity index (χ0v) is 15.2. The van der Waals surface area contributed by atoms with Gasteiger partial charge in [-0.15, -0.1) is 0 Å². The van der Waals surface area contributed by atoms with E-state index in [1.54, 1.807) is 24.0 Å². The molecule has 6 heteroatoms. The number of furan rings is 1. The fourth-order valence-electron chi connectivity index (χ4n) is 3.66. The molecule has 0 aliphatic carbocycles. The molecule has 0 amide bonds. The second-order valence-corrected chi connectivity index (χ2v) is 7.03. The highest BCUT2D eigenvalue weighted by Crippen LogP contribution is 2.25. The van der Waals surface area contributed by atoms with Gasteiger partial charge in [-0.25, -0.2) is 4.98 Å². The van der Waals surface area contributed by atoms with E-state index in [4.69, 9.17) is 4.42 Å². The van der Waals surface area contributed by atoms with Crippen LogP contribution < -0.4 is 15.8 Å². The molecule has 1 aliphatic heterocycles. The number of aromatic nitrogens is 2. The summed E-state index contributed by atoms with van der Waals surface area (Å²) in [5.74, 6) is 1.48. The Morgan fingerprint density at radius 1 is 1.35 bits per heavy atom. The zero-order valence-electron chi connectivity index (χ0n) is 15.2. The Balaban J connectivity index is 1.47. The van der Waals surface area contributed by atoms with E-state index in [9.17, 15) is 4.79 Å². The Bertz CT molecular complexity index is 929. The molecule has 26 heavy (non-hydrogen) atoms. The summed E-state index contributed by atoms with van der Waals surface area (Å²) in [5.41, 5.74) is 0.872. The van der Waals surface area contributed by atoms with Crippen molar-refractivity contribution in [2.45, 2.75) is 31.8 Å². The maximum absolute atomic E-state index is 12.3. The quantitative estimate of drug-likeness (QED) is 0.782. The molecule has 2 aromatic heterocycles. The lowest BCUT2D eigenvalue weighted by atomic mass is 10.0. The van der Waals surface area contributed by atoms with Crippen LogP contribution in [0.1, 0.15) is 31.6 Å². The molecule has 1 N–H and O–H groups in total. The van der Waals surface area contributed by atoms with Gasteiger partial charge in [0.1, 0.15) is 11.3 Å². The van der Waals surface area contributed by atoms with Gasteiger partial charge >= 0.3 is 0 Å². The molecular weight excluding hydrogens is 328 g/mol. The average molecular weight is 352 g/mol. The molecular formula is C20H24N4O2. The highest BCUT2D eigenvalue weighted by molar-refractivity contribution is 5.77. The van der Waals surface area contributed by atoms with Gasteiger partial charge in [0.05, 0.1) is 6.04 Å². The Hall–Kier alpha value is -2.60. The van der Waals surface area contributed by atoms with Crippen LogP contribution in [-0.2, 0) is 7.05 Å². The van der Waals surface area contributed by atoms with Crippen molar-refractivity contribution in [3.05, 3.63) is 58.8 Å². The first kappa shape index (κ1) is 16.8. The standard InChI is InChI=1S/C20H24N4O2/c1-14(18-12-15-6-3-4-8-17(15)26-18)22-16-7-5-10-24(13-16)19-20(25)23(2)11-9-21-19/h3-4,6,8-9,11-12,14,16,22H,5,7,10,13H2,1-2H3. The third kappa shape index (κ3) is 3.24. The minimum absolute atomic E-state index is 0.0431. The van der Waals surface area contributed by atoms with Crippen molar-refractivity contribution >= 4 is 16.8 Å². The smallest absolute Gasteiger partial charge is 0.293 e. The minimum Gasteiger partial charge on any atom is -0.459 e. The van der Waals surface area contributed by atoms with Crippen LogP contribution in [0.4, 0.5) is 5.82 Å². The summed E-state index contributed by atoms with van der Waals surface area (Å²) < 4.78 is 7.56. The van der Waals surface area contributed by atoms with E-state index in [1.807, 2.05) is 18.2 Å². The van der Waals surface area contributed by atoms with E-state index in [0.717, 1.165) is 42.7 Å². The maximum Gasteiger partial charge on any atom is 0.293 e. The zero-order chi connectivity index (χ0) is 18.1. The number of para-hydroxylation sites is 1. The van der Waals surface area contributed by atoms with E-state index < -0.39 is 0 Å². The minimum atomic E-state index is -0.0431. The van der Waals surface area contributed by atoms with Gasteiger partial charge in [-0.2, -0.15) is 0 Å². The number of anilines is 1. The van der Waals surface area contributed by atoms with Gasteiger partial charge in [0.15, 0.2) is 5.82 Å². The molecule has 2 atom stereocenters. The summed E-state index contributed by atoms with van der Waals surface area (Å²) in [6.07, 6.45) is 5.48. The van der Waals surface area contributed by atoms with Crippen molar-refractivity contribution < 1.29 is 4.42 Å². The molecule has 0 bridgehead atoms. The van der Waals surface area contributed by atoms with Gasteiger partial charge in [-0.3, -0.25) is 4.79 Å². The second-order valence-electron chi connectivity index (χ2n) is 7.03. The van der Waals surface area contributed by atoms with Gasteiger partial charge in [0.2, 0.25) is 0 Å². The predicted octanol–water partition coefficient (Wildman–Crippen LogP) is 2.85. The summed E-state index contributed by atoms with van der Waals surface area (Å²) in [4.78, 5) is 18.7. The van der Waals surface area contributed by atoms with Crippen LogP contribution in [0.3, 0.4) is 0 Å². The van der Waals surface area contributed by atoms with Crippen LogP contribution in [0.15, 0.2) is 51.9 Å². The lowest BCUT2D eigenvalue weighted by molar-refractivity contribution is 0.357. The van der Waals surface area contributed by atoms with E-state index in [1.165, 1.54) is 0 Å². The highest BCUT2D eigenvalue weighted by Gasteiger charge is 2.25. The first-order valence-corrected chi connectivity index (χ1v) is 9.13. The van der Waals surface area contributed by atoms with E-state index in [2.05, 4.69) is 34.3 Å². The Morgan fingerprint density at radius 2 is 2.19 bits per heavy atom. The summed E-state index contributed by atoms with van der Waals surface area (Å²) in [5, 5.41) is 4.78. The monoisotopic (exact) mass is 352 g/mol. The van der Waals surface area contributed by atoms with Gasteiger partial charge in [0, 0.05) is 44.0 Å². The van der Waals surface area contributed by atoms with Gasteiger partial charge in [-0.05, 0) is 31.9 Å². The maximum atomic E-state index is 12.3. The predicted molar refractivity (Wildman–Crippen MR) is 102 cm³/mol. The van der Waals surface area contributed by atoms with Crippen molar-refractivity contribution in [1.29, 1.82) is 0 Å². The van der Waals surface area contributed by atoms with Crippen LogP contribution >= 0.6 is 0 Å². The molecule has 1 fully saturated rings. The average Bonchev–Trinajstić information content (AvgIpc) is 3.09. The second kappa shape index (κ2) is 6.96. The molecule has 1 aromatic carbocycles. The van der Waals surface area contributed by atoms with Crippen molar-refractivity contribution in [2.75, 3.05) is 18.0 Å². The molecule has 0 saturated carbocycles. The first-order valence-electron chi connectivity index (χ1n) is 9.13. The molecule has 6 nitrogen and oxygen atoms in total. The number of nitrogens with one attached hydrogen (secondary N) is 1. The van der Waals surface area contributed by atoms with Gasteiger partial charge in [0.25, 0.3) is 5.56 Å².